The van der Waals surface area contributed by atoms with Crippen LogP contribution in [0.1, 0.15) is 32.9 Å². The zero-order chi connectivity index (χ0) is 20.2. The Morgan fingerprint density at radius 3 is 2.55 bits per heavy atom. The van der Waals surface area contributed by atoms with E-state index in [9.17, 15) is 4.79 Å². The van der Waals surface area contributed by atoms with Gasteiger partial charge in [-0.15, -0.1) is 0 Å². The summed E-state index contributed by atoms with van der Waals surface area (Å²) in [6.07, 6.45) is 1.68. The van der Waals surface area contributed by atoms with E-state index in [1.54, 1.807) is 6.21 Å². The number of aryl methyl sites for hydroxylation is 2. The summed E-state index contributed by atoms with van der Waals surface area (Å²) in [4.78, 5) is 12.4. The van der Waals surface area contributed by atoms with Crippen LogP contribution < -0.4 is 5.43 Å². The zero-order valence-electron chi connectivity index (χ0n) is 16.5. The number of hydrogen-bond acceptors (Lipinski definition) is 3. The first-order valence-electron chi connectivity index (χ1n) is 9.51. The molecule has 5 heteroatoms. The van der Waals surface area contributed by atoms with Crippen molar-refractivity contribution in [1.29, 1.82) is 0 Å². The molecule has 0 bridgehead atoms. The highest BCUT2D eigenvalue weighted by molar-refractivity contribution is 6.00. The van der Waals surface area contributed by atoms with Gasteiger partial charge in [-0.2, -0.15) is 10.2 Å². The van der Waals surface area contributed by atoms with Crippen LogP contribution in [0.25, 0.3) is 10.8 Å². The van der Waals surface area contributed by atoms with E-state index >= 15 is 0 Å². The summed E-state index contributed by atoms with van der Waals surface area (Å²) >= 11 is 0. The number of nitrogens with zero attached hydrogens (tertiary/aromatic N) is 3. The topological polar surface area (TPSA) is 59.3 Å². The lowest BCUT2D eigenvalue weighted by molar-refractivity contribution is 0.0955. The first kappa shape index (κ1) is 18.6. The van der Waals surface area contributed by atoms with E-state index in [0.29, 0.717) is 12.1 Å². The smallest absolute Gasteiger partial charge is 0.267 e. The number of amides is 1. The molecular formula is C24H22N4O. The largest absolute Gasteiger partial charge is 0.271 e. The highest BCUT2D eigenvalue weighted by Gasteiger charge is 2.06. The monoisotopic (exact) mass is 382 g/mol. The lowest BCUT2D eigenvalue weighted by atomic mass is 10.1. The Hall–Kier alpha value is -3.73. The molecule has 0 saturated heterocycles. The fraction of sp³-hybridized carbons (Fsp3) is 0.125. The maximum absolute atomic E-state index is 12.4. The first-order valence-corrected chi connectivity index (χ1v) is 9.51. The van der Waals surface area contributed by atoms with Crippen molar-refractivity contribution in [2.24, 2.45) is 5.10 Å². The molecule has 1 N–H and O–H groups in total. The Labute approximate surface area is 169 Å². The SMILES string of the molecule is Cc1cc(C)n(Cc2ccc(C(=O)N/N=C/c3cccc4ccccc34)cc2)n1. The predicted octanol–water partition coefficient (Wildman–Crippen LogP) is 4.47. The first-order chi connectivity index (χ1) is 14.1. The highest BCUT2D eigenvalue weighted by Crippen LogP contribution is 2.16. The third-order valence-electron chi connectivity index (χ3n) is 4.84. The Morgan fingerprint density at radius 2 is 1.79 bits per heavy atom. The second-order valence-electron chi connectivity index (χ2n) is 7.05. The molecule has 0 radical (unpaired) electrons. The number of carbonyl (C=O) groups excluding carboxylic acids is 1. The molecule has 0 fully saturated rings. The van der Waals surface area contributed by atoms with Gasteiger partial charge in [-0.1, -0.05) is 54.6 Å². The van der Waals surface area contributed by atoms with E-state index in [0.717, 1.165) is 33.3 Å². The van der Waals surface area contributed by atoms with Gasteiger partial charge < -0.3 is 0 Å². The van der Waals surface area contributed by atoms with Gasteiger partial charge in [-0.25, -0.2) is 5.43 Å². The molecule has 29 heavy (non-hydrogen) atoms. The molecule has 4 aromatic rings. The molecule has 1 amide bonds. The van der Waals surface area contributed by atoms with Crippen molar-refractivity contribution in [3.05, 3.63) is 101 Å². The van der Waals surface area contributed by atoms with Crippen LogP contribution in [0.5, 0.6) is 0 Å². The summed E-state index contributed by atoms with van der Waals surface area (Å²) in [5.41, 5.74) is 7.35. The molecule has 144 valence electrons. The molecule has 0 aliphatic rings. The molecule has 3 aromatic carbocycles. The van der Waals surface area contributed by atoms with Crippen molar-refractivity contribution in [3.8, 4) is 0 Å². The van der Waals surface area contributed by atoms with Crippen LogP contribution in [0.4, 0.5) is 0 Å². The van der Waals surface area contributed by atoms with Crippen LogP contribution in [0.2, 0.25) is 0 Å². The lowest BCUT2D eigenvalue weighted by Crippen LogP contribution is -2.17. The van der Waals surface area contributed by atoms with Gasteiger partial charge in [-0.05, 0) is 48.4 Å². The van der Waals surface area contributed by atoms with Crippen LogP contribution in [0, 0.1) is 13.8 Å². The summed E-state index contributed by atoms with van der Waals surface area (Å²) < 4.78 is 1.96. The fourth-order valence-electron chi connectivity index (χ4n) is 3.36. The van der Waals surface area contributed by atoms with Crippen molar-refractivity contribution < 1.29 is 4.79 Å². The van der Waals surface area contributed by atoms with Gasteiger partial charge in [0.15, 0.2) is 0 Å². The molecule has 1 aromatic heterocycles. The summed E-state index contributed by atoms with van der Waals surface area (Å²) in [5, 5.41) is 10.8. The average molecular weight is 382 g/mol. The molecule has 0 spiro atoms. The van der Waals surface area contributed by atoms with E-state index in [-0.39, 0.29) is 5.91 Å². The van der Waals surface area contributed by atoms with Gasteiger partial charge in [-0.3, -0.25) is 9.48 Å². The predicted molar refractivity (Wildman–Crippen MR) is 116 cm³/mol. The van der Waals surface area contributed by atoms with Gasteiger partial charge in [0.2, 0.25) is 0 Å². The van der Waals surface area contributed by atoms with Crippen molar-refractivity contribution >= 4 is 22.9 Å². The quantitative estimate of drug-likeness (QED) is 0.409. The number of benzene rings is 3. The summed E-state index contributed by atoms with van der Waals surface area (Å²) in [7, 11) is 0. The van der Waals surface area contributed by atoms with Gasteiger partial charge in [0.25, 0.3) is 5.91 Å². The second-order valence-corrected chi connectivity index (χ2v) is 7.05. The number of aromatic nitrogens is 2. The minimum absolute atomic E-state index is 0.237. The van der Waals surface area contributed by atoms with E-state index in [1.807, 2.05) is 73.1 Å². The van der Waals surface area contributed by atoms with Crippen LogP contribution in [-0.4, -0.2) is 21.9 Å². The number of nitrogens with one attached hydrogen (secondary N) is 1. The number of carbonyl (C=O) groups is 1. The van der Waals surface area contributed by atoms with Gasteiger partial charge in [0.1, 0.15) is 0 Å². The van der Waals surface area contributed by atoms with Crippen molar-refractivity contribution in [2.45, 2.75) is 20.4 Å². The molecular weight excluding hydrogens is 360 g/mol. The molecule has 5 nitrogen and oxygen atoms in total. The third kappa shape index (κ3) is 4.24. The maximum atomic E-state index is 12.4. The molecule has 0 unspecified atom stereocenters. The lowest BCUT2D eigenvalue weighted by Gasteiger charge is -2.06. The Balaban J connectivity index is 1.42. The van der Waals surface area contributed by atoms with E-state index in [2.05, 4.69) is 33.8 Å². The Bertz CT molecular complexity index is 1180. The van der Waals surface area contributed by atoms with Crippen LogP contribution in [-0.2, 0) is 6.54 Å². The van der Waals surface area contributed by atoms with Crippen LogP contribution in [0.3, 0.4) is 0 Å². The summed E-state index contributed by atoms with van der Waals surface area (Å²) in [5.74, 6) is -0.237. The van der Waals surface area contributed by atoms with Gasteiger partial charge in [0, 0.05) is 16.8 Å². The summed E-state index contributed by atoms with van der Waals surface area (Å²) in [6.45, 7) is 4.70. The number of fused-ring (bicyclic) bond motifs is 1. The number of hydrogen-bond donors (Lipinski definition) is 1. The summed E-state index contributed by atoms with van der Waals surface area (Å²) in [6, 6.07) is 23.7. The fourth-order valence-corrected chi connectivity index (χ4v) is 3.36. The molecule has 0 aliphatic carbocycles. The molecule has 0 aliphatic heterocycles. The van der Waals surface area contributed by atoms with Crippen molar-refractivity contribution in [3.63, 3.8) is 0 Å². The molecule has 0 saturated carbocycles. The highest BCUT2D eigenvalue weighted by atomic mass is 16.2. The van der Waals surface area contributed by atoms with Crippen molar-refractivity contribution in [1.82, 2.24) is 15.2 Å². The standard InChI is InChI=1S/C24H22N4O/c1-17-14-18(2)28(27-17)16-19-10-12-21(13-11-19)24(29)26-25-15-22-8-5-7-20-6-3-4-9-23(20)22/h3-15H,16H2,1-2H3,(H,26,29)/b25-15+. The Kier molecular flexibility index (Phi) is 5.20. The molecule has 0 atom stereocenters. The van der Waals surface area contributed by atoms with Gasteiger partial charge in [0.05, 0.1) is 18.5 Å². The van der Waals surface area contributed by atoms with E-state index in [4.69, 9.17) is 0 Å². The molecule has 1 heterocycles. The van der Waals surface area contributed by atoms with Crippen LogP contribution >= 0.6 is 0 Å². The molecule has 4 rings (SSSR count). The minimum atomic E-state index is -0.237. The van der Waals surface area contributed by atoms with E-state index in [1.165, 1.54) is 0 Å². The van der Waals surface area contributed by atoms with Gasteiger partial charge >= 0.3 is 0 Å². The zero-order valence-corrected chi connectivity index (χ0v) is 16.5. The van der Waals surface area contributed by atoms with E-state index < -0.39 is 0 Å². The number of hydrazone groups is 1. The second kappa shape index (κ2) is 8.10. The Morgan fingerprint density at radius 1 is 1.03 bits per heavy atom. The normalized spacial score (nSPS) is 11.2. The third-order valence-corrected chi connectivity index (χ3v) is 4.84. The maximum Gasteiger partial charge on any atom is 0.271 e. The van der Waals surface area contributed by atoms with Crippen molar-refractivity contribution in [2.75, 3.05) is 0 Å². The number of rotatable bonds is 5. The average Bonchev–Trinajstić information content (AvgIpc) is 3.05. The van der Waals surface area contributed by atoms with Crippen LogP contribution in [0.15, 0.2) is 77.9 Å². The minimum Gasteiger partial charge on any atom is -0.267 e.